The van der Waals surface area contributed by atoms with Gasteiger partial charge in [-0.1, -0.05) is 72.8 Å². The van der Waals surface area contributed by atoms with Crippen LogP contribution < -0.4 is 4.90 Å². The van der Waals surface area contributed by atoms with E-state index in [1.54, 1.807) is 0 Å². The summed E-state index contributed by atoms with van der Waals surface area (Å²) in [5.41, 5.74) is 6.97. The van der Waals surface area contributed by atoms with Gasteiger partial charge < -0.3 is 13.7 Å². The van der Waals surface area contributed by atoms with E-state index in [4.69, 9.17) is 13.8 Å². The third-order valence-corrected chi connectivity index (χ3v) is 6.27. The van der Waals surface area contributed by atoms with E-state index in [2.05, 4.69) is 35.2 Å². The number of oxazole rings is 1. The molecule has 166 valence electrons. The summed E-state index contributed by atoms with van der Waals surface area (Å²) < 4.78 is 12.9. The van der Waals surface area contributed by atoms with E-state index < -0.39 is 0 Å². The van der Waals surface area contributed by atoms with Crippen molar-refractivity contribution in [2.75, 3.05) is 4.90 Å². The molecule has 0 spiro atoms. The van der Waals surface area contributed by atoms with Crippen LogP contribution in [-0.4, -0.2) is 4.98 Å². The fourth-order valence-electron chi connectivity index (χ4n) is 4.73. The van der Waals surface area contributed by atoms with E-state index in [9.17, 15) is 0 Å². The Morgan fingerprint density at radius 1 is 0.571 bits per heavy atom. The highest BCUT2D eigenvalue weighted by molar-refractivity contribution is 6.20. The average molecular weight is 453 g/mol. The van der Waals surface area contributed by atoms with Gasteiger partial charge in [-0.05, 0) is 42.5 Å². The van der Waals surface area contributed by atoms with Crippen LogP contribution in [0.15, 0.2) is 130 Å². The van der Waals surface area contributed by atoms with E-state index in [1.807, 2.05) is 91.0 Å². The summed E-state index contributed by atoms with van der Waals surface area (Å²) in [5.74, 6) is 0.583. The molecule has 2 heterocycles. The Morgan fingerprint density at radius 2 is 1.17 bits per heavy atom. The van der Waals surface area contributed by atoms with Gasteiger partial charge in [-0.15, -0.1) is 0 Å². The topological polar surface area (TPSA) is 42.4 Å². The summed E-state index contributed by atoms with van der Waals surface area (Å²) in [4.78, 5) is 7.11. The van der Waals surface area contributed by atoms with Crippen molar-refractivity contribution in [2.24, 2.45) is 0 Å². The van der Waals surface area contributed by atoms with Crippen molar-refractivity contribution in [2.45, 2.75) is 0 Å². The number of benzene rings is 5. The highest BCUT2D eigenvalue weighted by atomic mass is 16.4. The number of hydrogen-bond acceptors (Lipinski definition) is 4. The highest BCUT2D eigenvalue weighted by Gasteiger charge is 2.25. The van der Waals surface area contributed by atoms with Gasteiger partial charge in [0.25, 0.3) is 0 Å². The van der Waals surface area contributed by atoms with Crippen LogP contribution in [0.3, 0.4) is 0 Å². The first-order valence-electron chi connectivity index (χ1n) is 11.6. The molecule has 0 saturated carbocycles. The van der Waals surface area contributed by atoms with Gasteiger partial charge in [-0.2, -0.15) is 0 Å². The molecule has 0 bridgehead atoms. The van der Waals surface area contributed by atoms with Crippen molar-refractivity contribution in [3.8, 4) is 11.5 Å². The Kier molecular flexibility index (Phi) is 4.42. The molecule has 5 aromatic carbocycles. The highest BCUT2D eigenvalue weighted by Crippen LogP contribution is 2.47. The van der Waals surface area contributed by atoms with Crippen LogP contribution in [-0.2, 0) is 0 Å². The fraction of sp³-hybridized carbons (Fsp3) is 0. The Morgan fingerprint density at radius 3 is 1.86 bits per heavy atom. The van der Waals surface area contributed by atoms with Gasteiger partial charge in [-0.3, -0.25) is 0 Å². The molecule has 2 aromatic heterocycles. The Bertz CT molecular complexity index is 1750. The summed E-state index contributed by atoms with van der Waals surface area (Å²) in [5, 5.41) is 2.03. The summed E-state index contributed by atoms with van der Waals surface area (Å²) in [7, 11) is 0. The molecule has 0 aliphatic rings. The van der Waals surface area contributed by atoms with Crippen molar-refractivity contribution in [1.82, 2.24) is 4.98 Å². The number of para-hydroxylation sites is 3. The molecule has 0 amide bonds. The van der Waals surface area contributed by atoms with E-state index >= 15 is 0 Å². The van der Waals surface area contributed by atoms with E-state index in [-0.39, 0.29) is 0 Å². The second-order valence-corrected chi connectivity index (χ2v) is 8.44. The lowest BCUT2D eigenvalue weighted by Gasteiger charge is -2.26. The molecular weight excluding hydrogens is 432 g/mol. The Balaban J connectivity index is 1.64. The molecule has 0 fully saturated rings. The minimum atomic E-state index is 0.583. The number of anilines is 3. The normalized spacial score (nSPS) is 11.4. The standard InChI is InChI=1S/C31H20N2O2/c1-4-12-21(13-5-1)31-32-25-20-27-28(24-18-10-11-19-26(24)34-27)29(30(25)35-31)33(22-14-6-2-7-15-22)23-16-8-3-9-17-23/h1-20H. The zero-order chi connectivity index (χ0) is 23.2. The molecule has 0 N–H and O–H groups in total. The molecule has 4 nitrogen and oxygen atoms in total. The number of hydrogen-bond donors (Lipinski definition) is 0. The minimum absolute atomic E-state index is 0.583. The van der Waals surface area contributed by atoms with E-state index in [0.717, 1.165) is 55.7 Å². The van der Waals surface area contributed by atoms with Crippen molar-refractivity contribution in [3.63, 3.8) is 0 Å². The molecule has 0 radical (unpaired) electrons. The third kappa shape index (κ3) is 3.19. The number of rotatable bonds is 4. The molecule has 7 rings (SSSR count). The van der Waals surface area contributed by atoms with Crippen LogP contribution in [0.4, 0.5) is 17.1 Å². The van der Waals surface area contributed by atoms with Crippen molar-refractivity contribution < 1.29 is 8.83 Å². The molecule has 0 saturated heterocycles. The lowest BCUT2D eigenvalue weighted by Crippen LogP contribution is -2.10. The molecule has 0 atom stereocenters. The number of nitrogens with zero attached hydrogens (tertiary/aromatic N) is 2. The lowest BCUT2D eigenvalue weighted by molar-refractivity contribution is 0.620. The van der Waals surface area contributed by atoms with Crippen LogP contribution in [0.5, 0.6) is 0 Å². The fourth-order valence-corrected chi connectivity index (χ4v) is 4.73. The summed E-state index contributed by atoms with van der Waals surface area (Å²) in [6.07, 6.45) is 0. The van der Waals surface area contributed by atoms with Gasteiger partial charge in [0, 0.05) is 28.4 Å². The quantitative estimate of drug-likeness (QED) is 0.267. The predicted octanol–water partition coefficient (Wildman–Crippen LogP) is 8.86. The van der Waals surface area contributed by atoms with E-state index in [0.29, 0.717) is 5.89 Å². The Labute approximate surface area is 201 Å². The molecule has 7 aromatic rings. The smallest absolute Gasteiger partial charge is 0.227 e. The van der Waals surface area contributed by atoms with Crippen LogP contribution in [0.25, 0.3) is 44.5 Å². The first kappa shape index (κ1) is 19.6. The zero-order valence-corrected chi connectivity index (χ0v) is 18.8. The second kappa shape index (κ2) is 7.89. The average Bonchev–Trinajstić information content (AvgIpc) is 3.52. The van der Waals surface area contributed by atoms with Crippen LogP contribution in [0.1, 0.15) is 0 Å². The van der Waals surface area contributed by atoms with Gasteiger partial charge in [-0.25, -0.2) is 4.98 Å². The third-order valence-electron chi connectivity index (χ3n) is 6.27. The van der Waals surface area contributed by atoms with Crippen molar-refractivity contribution in [1.29, 1.82) is 0 Å². The summed E-state index contributed by atoms with van der Waals surface area (Å²) >= 11 is 0. The van der Waals surface area contributed by atoms with E-state index in [1.165, 1.54) is 0 Å². The van der Waals surface area contributed by atoms with Gasteiger partial charge in [0.2, 0.25) is 5.89 Å². The maximum atomic E-state index is 6.54. The summed E-state index contributed by atoms with van der Waals surface area (Å²) in [6, 6.07) is 40.8. The SMILES string of the molecule is c1ccc(-c2nc3cc4oc5ccccc5c4c(N(c4ccccc4)c4ccccc4)c3o2)cc1. The zero-order valence-electron chi connectivity index (χ0n) is 18.8. The maximum absolute atomic E-state index is 6.54. The largest absolute Gasteiger partial charge is 0.456 e. The van der Waals surface area contributed by atoms with Crippen molar-refractivity contribution in [3.05, 3.63) is 121 Å². The molecule has 35 heavy (non-hydrogen) atoms. The number of aromatic nitrogens is 1. The molecule has 0 aliphatic carbocycles. The molecule has 4 heteroatoms. The van der Waals surface area contributed by atoms with Gasteiger partial charge >= 0.3 is 0 Å². The maximum Gasteiger partial charge on any atom is 0.227 e. The van der Waals surface area contributed by atoms with Gasteiger partial charge in [0.1, 0.15) is 22.4 Å². The van der Waals surface area contributed by atoms with Gasteiger partial charge in [0.05, 0.1) is 5.39 Å². The van der Waals surface area contributed by atoms with Crippen LogP contribution in [0.2, 0.25) is 0 Å². The predicted molar refractivity (Wildman–Crippen MR) is 141 cm³/mol. The first-order valence-corrected chi connectivity index (χ1v) is 11.6. The van der Waals surface area contributed by atoms with Gasteiger partial charge in [0.15, 0.2) is 5.58 Å². The second-order valence-electron chi connectivity index (χ2n) is 8.44. The summed E-state index contributed by atoms with van der Waals surface area (Å²) in [6.45, 7) is 0. The monoisotopic (exact) mass is 452 g/mol. The van der Waals surface area contributed by atoms with Crippen LogP contribution in [0, 0.1) is 0 Å². The molecule has 0 unspecified atom stereocenters. The minimum Gasteiger partial charge on any atom is -0.456 e. The molecular formula is C31H20N2O2. The van der Waals surface area contributed by atoms with Crippen LogP contribution >= 0.6 is 0 Å². The van der Waals surface area contributed by atoms with Crippen molar-refractivity contribution >= 4 is 50.1 Å². The number of fused-ring (bicyclic) bond motifs is 4. The lowest BCUT2D eigenvalue weighted by atomic mass is 10.1. The Hall–Kier alpha value is -4.83. The number of furan rings is 1. The first-order chi connectivity index (χ1) is 17.4. The molecule has 0 aliphatic heterocycles.